The Bertz CT molecular complexity index is 890. The van der Waals surface area contributed by atoms with Crippen molar-refractivity contribution in [3.8, 4) is 0 Å². The molecule has 1 amide bonds. The number of sulfonamides is 1. The van der Waals surface area contributed by atoms with Crippen molar-refractivity contribution in [2.24, 2.45) is 0 Å². The Kier molecular flexibility index (Phi) is 7.24. The lowest BCUT2D eigenvalue weighted by Gasteiger charge is -2.40. The fraction of sp³-hybridized carbons (Fsp3) is 0.381. The van der Waals surface area contributed by atoms with Gasteiger partial charge in [-0.15, -0.1) is 0 Å². The number of aliphatic hydroxyl groups excluding tert-OH is 1. The largest absolute Gasteiger partial charge is 0.445 e. The number of hydrogen-bond acceptors (Lipinski definition) is 5. The van der Waals surface area contributed by atoms with Crippen LogP contribution in [0.2, 0.25) is 0 Å². The Labute approximate surface area is 171 Å². The molecule has 0 aromatic heterocycles. The predicted molar refractivity (Wildman–Crippen MR) is 109 cm³/mol. The Morgan fingerprint density at radius 1 is 1.03 bits per heavy atom. The van der Waals surface area contributed by atoms with Gasteiger partial charge in [0, 0.05) is 32.3 Å². The minimum atomic E-state index is -3.67. The minimum Gasteiger partial charge on any atom is -0.445 e. The summed E-state index contributed by atoms with van der Waals surface area (Å²) in [5.41, 5.74) is 0.892. The summed E-state index contributed by atoms with van der Waals surface area (Å²) in [7, 11) is -3.67. The summed E-state index contributed by atoms with van der Waals surface area (Å²) >= 11 is 0. The molecular formula is C21H26N2O5S. The first kappa shape index (κ1) is 21.3. The number of hydrogen-bond donors (Lipinski definition) is 1. The summed E-state index contributed by atoms with van der Waals surface area (Å²) < 4.78 is 33.0. The topological polar surface area (TPSA) is 87.2 Å². The molecule has 0 unspecified atom stereocenters. The van der Waals surface area contributed by atoms with Crippen molar-refractivity contribution >= 4 is 16.1 Å². The predicted octanol–water partition coefficient (Wildman–Crippen LogP) is 2.47. The van der Waals surface area contributed by atoms with Crippen LogP contribution in [0.25, 0.3) is 0 Å². The summed E-state index contributed by atoms with van der Waals surface area (Å²) in [5.74, 6) is 0. The van der Waals surface area contributed by atoms with E-state index in [9.17, 15) is 18.3 Å². The molecule has 1 saturated heterocycles. The zero-order chi connectivity index (χ0) is 20.7. The highest BCUT2D eigenvalue weighted by atomic mass is 32.2. The highest BCUT2D eigenvalue weighted by Gasteiger charge is 2.37. The van der Waals surface area contributed by atoms with Crippen LogP contribution >= 0.6 is 0 Å². The molecule has 1 N–H and O–H groups in total. The molecule has 0 saturated carbocycles. The Balaban J connectivity index is 1.69. The van der Waals surface area contributed by atoms with Gasteiger partial charge in [0.05, 0.1) is 4.90 Å². The lowest BCUT2D eigenvalue weighted by molar-refractivity contribution is 0.0676. The Hall–Kier alpha value is -2.42. The van der Waals surface area contributed by atoms with Crippen LogP contribution in [0.15, 0.2) is 65.6 Å². The number of amides is 1. The smallest absolute Gasteiger partial charge is 0.410 e. The monoisotopic (exact) mass is 418 g/mol. The fourth-order valence-electron chi connectivity index (χ4n) is 3.42. The number of carbonyl (C=O) groups excluding carboxylic acids is 1. The summed E-state index contributed by atoms with van der Waals surface area (Å²) in [6.07, 6.45) is 0.461. The molecule has 2 aromatic carbocycles. The molecule has 8 heteroatoms. The maximum Gasteiger partial charge on any atom is 0.410 e. The SMILES string of the molecule is O=C(OCc1ccccc1)N1CCN(S(=O)(=O)c2ccccc2)[C@@H](CCCO)C1. The van der Waals surface area contributed by atoms with Gasteiger partial charge in [0.25, 0.3) is 0 Å². The number of ether oxygens (including phenoxy) is 1. The van der Waals surface area contributed by atoms with E-state index in [0.717, 1.165) is 5.56 Å². The molecule has 1 fully saturated rings. The number of benzene rings is 2. The van der Waals surface area contributed by atoms with Crippen molar-refractivity contribution in [1.29, 1.82) is 0 Å². The van der Waals surface area contributed by atoms with E-state index in [1.165, 1.54) is 4.31 Å². The maximum absolute atomic E-state index is 13.1. The molecule has 0 aliphatic carbocycles. The van der Waals surface area contributed by atoms with Crippen molar-refractivity contribution < 1.29 is 23.1 Å². The van der Waals surface area contributed by atoms with E-state index in [1.807, 2.05) is 30.3 Å². The second-order valence-electron chi connectivity index (χ2n) is 6.93. The first-order valence-electron chi connectivity index (χ1n) is 9.66. The van der Waals surface area contributed by atoms with E-state index in [4.69, 9.17) is 4.74 Å². The first-order valence-corrected chi connectivity index (χ1v) is 11.1. The average Bonchev–Trinajstić information content (AvgIpc) is 2.77. The van der Waals surface area contributed by atoms with Crippen LogP contribution < -0.4 is 0 Å². The maximum atomic E-state index is 13.1. The molecule has 0 spiro atoms. The molecule has 3 rings (SSSR count). The molecule has 29 heavy (non-hydrogen) atoms. The van der Waals surface area contributed by atoms with Crippen LogP contribution in [0.3, 0.4) is 0 Å². The molecule has 1 aliphatic rings. The number of piperazine rings is 1. The van der Waals surface area contributed by atoms with Crippen LogP contribution in [0.1, 0.15) is 18.4 Å². The standard InChI is InChI=1S/C21H26N2O5S/c24-15-7-10-19-16-22(21(25)28-17-18-8-3-1-4-9-18)13-14-23(19)29(26,27)20-11-5-2-6-12-20/h1-6,8-9,11-12,19,24H,7,10,13-17H2/t19-/m0/s1. The van der Waals surface area contributed by atoms with Crippen LogP contribution in [-0.4, -0.2) is 61.1 Å². The van der Waals surface area contributed by atoms with Crippen molar-refractivity contribution in [3.05, 3.63) is 66.2 Å². The molecule has 2 aromatic rings. The van der Waals surface area contributed by atoms with Crippen LogP contribution in [0.4, 0.5) is 4.79 Å². The van der Waals surface area contributed by atoms with Gasteiger partial charge in [-0.05, 0) is 30.5 Å². The van der Waals surface area contributed by atoms with Gasteiger partial charge in [0.15, 0.2) is 0 Å². The van der Waals surface area contributed by atoms with Crippen molar-refractivity contribution in [2.45, 2.75) is 30.4 Å². The Morgan fingerprint density at radius 3 is 2.34 bits per heavy atom. The summed E-state index contributed by atoms with van der Waals surface area (Å²) in [5, 5.41) is 9.22. The molecule has 0 radical (unpaired) electrons. The second-order valence-corrected chi connectivity index (χ2v) is 8.83. The number of carbonyl (C=O) groups is 1. The van der Waals surface area contributed by atoms with E-state index in [1.54, 1.807) is 35.2 Å². The van der Waals surface area contributed by atoms with Gasteiger partial charge < -0.3 is 14.7 Å². The average molecular weight is 419 g/mol. The first-order chi connectivity index (χ1) is 14.0. The summed E-state index contributed by atoms with van der Waals surface area (Å²) in [4.78, 5) is 14.3. The third kappa shape index (κ3) is 5.35. The molecule has 1 aliphatic heterocycles. The van der Waals surface area contributed by atoms with E-state index in [0.29, 0.717) is 12.8 Å². The molecular weight excluding hydrogens is 392 g/mol. The fourth-order valence-corrected chi connectivity index (χ4v) is 5.08. The van der Waals surface area contributed by atoms with Crippen LogP contribution in [0, 0.1) is 0 Å². The van der Waals surface area contributed by atoms with Gasteiger partial charge >= 0.3 is 6.09 Å². The molecule has 7 nitrogen and oxygen atoms in total. The third-order valence-corrected chi connectivity index (χ3v) is 6.90. The van der Waals surface area contributed by atoms with Crippen LogP contribution in [0.5, 0.6) is 0 Å². The zero-order valence-corrected chi connectivity index (χ0v) is 17.0. The molecule has 1 atom stereocenters. The lowest BCUT2D eigenvalue weighted by atomic mass is 10.1. The normalized spacial score (nSPS) is 17.8. The van der Waals surface area contributed by atoms with Gasteiger partial charge in [0.2, 0.25) is 10.0 Å². The third-order valence-electron chi connectivity index (χ3n) is 4.94. The van der Waals surface area contributed by atoms with Crippen molar-refractivity contribution in [1.82, 2.24) is 9.21 Å². The highest BCUT2D eigenvalue weighted by Crippen LogP contribution is 2.24. The van der Waals surface area contributed by atoms with Gasteiger partial charge in [0.1, 0.15) is 6.61 Å². The van der Waals surface area contributed by atoms with E-state index in [2.05, 4.69) is 0 Å². The van der Waals surface area contributed by atoms with Gasteiger partial charge in [-0.1, -0.05) is 48.5 Å². The summed E-state index contributed by atoms with van der Waals surface area (Å²) in [6, 6.07) is 17.3. The lowest BCUT2D eigenvalue weighted by Crippen LogP contribution is -2.56. The Morgan fingerprint density at radius 2 is 1.69 bits per heavy atom. The van der Waals surface area contributed by atoms with Gasteiger partial charge in [-0.25, -0.2) is 13.2 Å². The highest BCUT2D eigenvalue weighted by molar-refractivity contribution is 7.89. The van der Waals surface area contributed by atoms with Crippen LogP contribution in [-0.2, 0) is 21.4 Å². The zero-order valence-electron chi connectivity index (χ0n) is 16.2. The molecule has 0 bridgehead atoms. The van der Waals surface area contributed by atoms with Gasteiger partial charge in [-0.3, -0.25) is 0 Å². The van der Waals surface area contributed by atoms with Crippen molar-refractivity contribution in [3.63, 3.8) is 0 Å². The number of nitrogens with zero attached hydrogens (tertiary/aromatic N) is 2. The number of aliphatic hydroxyl groups is 1. The summed E-state index contributed by atoms with van der Waals surface area (Å²) in [6.45, 7) is 0.820. The van der Waals surface area contributed by atoms with E-state index < -0.39 is 22.2 Å². The van der Waals surface area contributed by atoms with Crippen molar-refractivity contribution in [2.75, 3.05) is 26.2 Å². The molecule has 156 valence electrons. The van der Waals surface area contributed by atoms with E-state index >= 15 is 0 Å². The second kappa shape index (κ2) is 9.87. The molecule has 1 heterocycles. The van der Waals surface area contributed by atoms with E-state index in [-0.39, 0.29) is 37.7 Å². The quantitative estimate of drug-likeness (QED) is 0.746. The minimum absolute atomic E-state index is 0.0336. The van der Waals surface area contributed by atoms with Gasteiger partial charge in [-0.2, -0.15) is 4.31 Å². The number of rotatable bonds is 7.